The van der Waals surface area contributed by atoms with Gasteiger partial charge in [-0.05, 0) is 24.3 Å². The van der Waals surface area contributed by atoms with E-state index in [-0.39, 0.29) is 6.10 Å². The van der Waals surface area contributed by atoms with Crippen molar-refractivity contribution in [3.05, 3.63) is 34.6 Å². The average Bonchev–Trinajstić information content (AvgIpc) is 2.72. The van der Waals surface area contributed by atoms with Gasteiger partial charge in [0.2, 0.25) is 5.89 Å². The van der Waals surface area contributed by atoms with Crippen LogP contribution in [0.1, 0.15) is 5.89 Å². The molecule has 18 heavy (non-hydrogen) atoms. The molecule has 1 aromatic carbocycles. The summed E-state index contributed by atoms with van der Waals surface area (Å²) in [7, 11) is 0. The summed E-state index contributed by atoms with van der Waals surface area (Å²) in [5, 5.41) is 7.77. The first-order chi connectivity index (χ1) is 8.70. The molecule has 0 radical (unpaired) electrons. The quantitative estimate of drug-likeness (QED) is 0.871. The zero-order valence-corrected chi connectivity index (χ0v) is 11.4. The number of benzene rings is 1. The van der Waals surface area contributed by atoms with Crippen molar-refractivity contribution in [2.75, 3.05) is 18.0 Å². The topological polar surface area (TPSA) is 51.4 Å². The molecule has 1 aliphatic rings. The first-order valence-corrected chi connectivity index (χ1v) is 6.47. The van der Waals surface area contributed by atoms with Gasteiger partial charge in [0.15, 0.2) is 0 Å². The Balaban J connectivity index is 1.55. The summed E-state index contributed by atoms with van der Waals surface area (Å²) < 4.78 is 12.2. The lowest BCUT2D eigenvalue weighted by atomic mass is 10.2. The van der Waals surface area contributed by atoms with Gasteiger partial charge < -0.3 is 14.1 Å². The van der Waals surface area contributed by atoms with Gasteiger partial charge in [-0.3, -0.25) is 0 Å². The second kappa shape index (κ2) is 4.61. The molecule has 6 heteroatoms. The number of nitrogens with zero attached hydrogens (tertiary/aromatic N) is 3. The highest BCUT2D eigenvalue weighted by atomic mass is 79.9. The molecule has 1 fully saturated rings. The maximum atomic E-state index is 5.81. The van der Waals surface area contributed by atoms with Crippen molar-refractivity contribution in [3.63, 3.8) is 0 Å². The van der Waals surface area contributed by atoms with E-state index in [1.54, 1.807) is 6.92 Å². The normalized spacial score (nSPS) is 15.6. The number of anilines is 1. The van der Waals surface area contributed by atoms with E-state index >= 15 is 0 Å². The minimum absolute atomic E-state index is 0.179. The van der Waals surface area contributed by atoms with Gasteiger partial charge >= 0.3 is 6.01 Å². The summed E-state index contributed by atoms with van der Waals surface area (Å²) in [6, 6.07) is 8.40. The van der Waals surface area contributed by atoms with Gasteiger partial charge in [-0.2, -0.15) is 0 Å². The van der Waals surface area contributed by atoms with Crippen LogP contribution in [0.2, 0.25) is 0 Å². The van der Waals surface area contributed by atoms with Crippen molar-refractivity contribution in [3.8, 4) is 5.75 Å². The number of aromatic nitrogens is 2. The highest BCUT2D eigenvalue weighted by Crippen LogP contribution is 2.23. The molecule has 0 atom stereocenters. The van der Waals surface area contributed by atoms with E-state index in [9.17, 15) is 0 Å². The second-order valence-electron chi connectivity index (χ2n) is 4.20. The molecule has 1 aliphatic heterocycles. The van der Waals surface area contributed by atoms with Gasteiger partial charge in [0.05, 0.1) is 13.1 Å². The standard InChI is InChI=1S/C12H12BrN3O2/c1-8-14-15-12(17-8)16-6-11(7-16)18-10-4-2-9(13)3-5-10/h2-5,11H,6-7H2,1H3. The Kier molecular flexibility index (Phi) is 2.95. The largest absolute Gasteiger partial charge is 0.487 e. The van der Waals surface area contributed by atoms with Crippen molar-refractivity contribution < 1.29 is 9.15 Å². The predicted molar refractivity (Wildman–Crippen MR) is 69.8 cm³/mol. The van der Waals surface area contributed by atoms with E-state index in [0.29, 0.717) is 11.9 Å². The molecule has 0 spiro atoms. The van der Waals surface area contributed by atoms with E-state index in [1.165, 1.54) is 0 Å². The van der Waals surface area contributed by atoms with Crippen LogP contribution in [0, 0.1) is 6.92 Å². The van der Waals surface area contributed by atoms with Crippen LogP contribution in [-0.2, 0) is 0 Å². The van der Waals surface area contributed by atoms with E-state index in [0.717, 1.165) is 23.3 Å². The van der Waals surface area contributed by atoms with Crippen molar-refractivity contribution in [2.45, 2.75) is 13.0 Å². The fourth-order valence-corrected chi connectivity index (χ4v) is 2.05. The van der Waals surface area contributed by atoms with E-state index in [2.05, 4.69) is 26.1 Å². The minimum Gasteiger partial charge on any atom is -0.487 e. The Hall–Kier alpha value is -1.56. The fourth-order valence-electron chi connectivity index (χ4n) is 1.79. The summed E-state index contributed by atoms with van der Waals surface area (Å²) in [5.74, 6) is 1.46. The Morgan fingerprint density at radius 3 is 2.61 bits per heavy atom. The molecule has 2 heterocycles. The summed E-state index contributed by atoms with van der Waals surface area (Å²) in [6.07, 6.45) is 0.179. The third-order valence-electron chi connectivity index (χ3n) is 2.75. The summed E-state index contributed by atoms with van der Waals surface area (Å²) in [5.41, 5.74) is 0. The number of halogens is 1. The van der Waals surface area contributed by atoms with E-state index in [1.807, 2.05) is 29.2 Å². The molecular weight excluding hydrogens is 298 g/mol. The smallest absolute Gasteiger partial charge is 0.318 e. The Morgan fingerprint density at radius 1 is 1.28 bits per heavy atom. The van der Waals surface area contributed by atoms with Gasteiger partial charge in [-0.1, -0.05) is 21.0 Å². The zero-order chi connectivity index (χ0) is 12.5. The lowest BCUT2D eigenvalue weighted by molar-refractivity contribution is 0.162. The molecule has 94 valence electrons. The van der Waals surface area contributed by atoms with Gasteiger partial charge in [-0.15, -0.1) is 5.10 Å². The molecule has 0 saturated carbocycles. The maximum Gasteiger partial charge on any atom is 0.318 e. The molecule has 5 nitrogen and oxygen atoms in total. The van der Waals surface area contributed by atoms with Crippen molar-refractivity contribution in [2.24, 2.45) is 0 Å². The Bertz CT molecular complexity index is 535. The number of ether oxygens (including phenoxy) is 1. The molecule has 1 saturated heterocycles. The molecule has 0 aliphatic carbocycles. The maximum absolute atomic E-state index is 5.81. The molecule has 2 aromatic rings. The fraction of sp³-hybridized carbons (Fsp3) is 0.333. The molecule has 0 amide bonds. The second-order valence-corrected chi connectivity index (χ2v) is 5.12. The van der Waals surface area contributed by atoms with Crippen molar-refractivity contribution >= 4 is 21.9 Å². The van der Waals surface area contributed by atoms with Gasteiger partial charge in [-0.25, -0.2) is 0 Å². The number of hydrogen-bond acceptors (Lipinski definition) is 5. The molecule has 0 unspecified atom stereocenters. The molecular formula is C12H12BrN3O2. The number of aryl methyl sites for hydroxylation is 1. The summed E-state index contributed by atoms with van der Waals surface area (Å²) >= 11 is 3.39. The number of rotatable bonds is 3. The SMILES string of the molecule is Cc1nnc(N2CC(Oc3ccc(Br)cc3)C2)o1. The predicted octanol–water partition coefficient (Wildman–Crippen LogP) is 2.41. The summed E-state index contributed by atoms with van der Waals surface area (Å²) in [4.78, 5) is 2.00. The van der Waals surface area contributed by atoms with Crippen molar-refractivity contribution in [1.82, 2.24) is 10.2 Å². The van der Waals surface area contributed by atoms with Crippen LogP contribution in [0.3, 0.4) is 0 Å². The third-order valence-corrected chi connectivity index (χ3v) is 3.28. The van der Waals surface area contributed by atoms with Crippen molar-refractivity contribution in [1.29, 1.82) is 0 Å². The van der Waals surface area contributed by atoms with Crippen LogP contribution in [0.25, 0.3) is 0 Å². The lowest BCUT2D eigenvalue weighted by Gasteiger charge is -2.37. The van der Waals surface area contributed by atoms with Crippen LogP contribution in [-0.4, -0.2) is 29.4 Å². The van der Waals surface area contributed by atoms with E-state index in [4.69, 9.17) is 9.15 Å². The van der Waals surface area contributed by atoms with Gasteiger partial charge in [0.1, 0.15) is 11.9 Å². The van der Waals surface area contributed by atoms with Crippen LogP contribution < -0.4 is 9.64 Å². The van der Waals surface area contributed by atoms with Gasteiger partial charge in [0.25, 0.3) is 0 Å². The molecule has 0 bridgehead atoms. The first kappa shape index (κ1) is 11.5. The highest BCUT2D eigenvalue weighted by molar-refractivity contribution is 9.10. The molecule has 1 aromatic heterocycles. The van der Waals surface area contributed by atoms with Crippen LogP contribution in [0.4, 0.5) is 6.01 Å². The molecule has 0 N–H and O–H groups in total. The van der Waals surface area contributed by atoms with Gasteiger partial charge in [0, 0.05) is 11.4 Å². The zero-order valence-electron chi connectivity index (χ0n) is 9.84. The Morgan fingerprint density at radius 2 is 2.00 bits per heavy atom. The van der Waals surface area contributed by atoms with Crippen LogP contribution in [0.15, 0.2) is 33.2 Å². The minimum atomic E-state index is 0.179. The lowest BCUT2D eigenvalue weighted by Crippen LogP contribution is -2.54. The van der Waals surface area contributed by atoms with E-state index < -0.39 is 0 Å². The summed E-state index contributed by atoms with van der Waals surface area (Å²) in [6.45, 7) is 3.33. The Labute approximate surface area is 113 Å². The van der Waals surface area contributed by atoms with Crippen LogP contribution >= 0.6 is 15.9 Å². The number of hydrogen-bond donors (Lipinski definition) is 0. The average molecular weight is 310 g/mol. The third kappa shape index (κ3) is 2.33. The first-order valence-electron chi connectivity index (χ1n) is 5.68. The monoisotopic (exact) mass is 309 g/mol. The van der Waals surface area contributed by atoms with Crippen LogP contribution in [0.5, 0.6) is 5.75 Å². The molecule has 3 rings (SSSR count). The highest BCUT2D eigenvalue weighted by Gasteiger charge is 2.31.